The number of nitrogen functional groups attached to an aromatic ring is 1. The van der Waals surface area contributed by atoms with Crippen molar-refractivity contribution in [2.75, 3.05) is 12.3 Å². The van der Waals surface area contributed by atoms with Gasteiger partial charge in [-0.1, -0.05) is 12.1 Å². The zero-order valence-corrected chi connectivity index (χ0v) is 11.6. The molecule has 0 aliphatic rings. The number of aliphatic carboxylic acids is 1. The Morgan fingerprint density at radius 3 is 2.30 bits per heavy atom. The molecule has 0 saturated carbocycles. The number of anilines is 1. The van der Waals surface area contributed by atoms with E-state index in [0.717, 1.165) is 5.56 Å². The maximum atomic E-state index is 12.3. The summed E-state index contributed by atoms with van der Waals surface area (Å²) in [5.74, 6) is -1.58. The first-order valence-electron chi connectivity index (χ1n) is 6.29. The minimum absolute atomic E-state index is 0.0289. The van der Waals surface area contributed by atoms with Gasteiger partial charge in [0.1, 0.15) is 6.04 Å². The number of carbonyl (C=O) groups is 2. The lowest BCUT2D eigenvalue weighted by molar-refractivity contribution is -0.143. The molecule has 1 rings (SSSR count). The maximum absolute atomic E-state index is 12.3. The second kappa shape index (κ2) is 6.38. The number of nitrogens with two attached hydrogens (primary N) is 1. The number of aliphatic hydroxyl groups is 1. The van der Waals surface area contributed by atoms with Crippen molar-refractivity contribution in [3.63, 3.8) is 0 Å². The predicted octanol–water partition coefficient (Wildman–Crippen LogP) is 0.498. The van der Waals surface area contributed by atoms with Crippen molar-refractivity contribution >= 4 is 17.6 Å². The van der Waals surface area contributed by atoms with Gasteiger partial charge in [-0.25, -0.2) is 4.79 Å². The van der Waals surface area contributed by atoms with Crippen molar-refractivity contribution in [3.8, 4) is 0 Å². The van der Waals surface area contributed by atoms with E-state index in [-0.39, 0.29) is 13.0 Å². The van der Waals surface area contributed by atoms with Gasteiger partial charge in [0.15, 0.2) is 0 Å². The minimum atomic E-state index is -1.17. The van der Waals surface area contributed by atoms with E-state index in [2.05, 4.69) is 5.32 Å². The van der Waals surface area contributed by atoms with Crippen LogP contribution in [0.5, 0.6) is 0 Å². The normalized spacial score (nSPS) is 12.8. The Labute approximate surface area is 117 Å². The van der Waals surface area contributed by atoms with Gasteiger partial charge in [0.25, 0.3) is 0 Å². The van der Waals surface area contributed by atoms with E-state index in [1.165, 1.54) is 0 Å². The zero-order valence-electron chi connectivity index (χ0n) is 11.6. The molecular formula is C14H20N2O4. The lowest BCUT2D eigenvalue weighted by Gasteiger charge is -2.26. The van der Waals surface area contributed by atoms with E-state index in [0.29, 0.717) is 5.69 Å². The number of carbonyl (C=O) groups excluding carboxylic acids is 1. The van der Waals surface area contributed by atoms with Crippen molar-refractivity contribution < 1.29 is 19.8 Å². The number of aliphatic hydroxyl groups excluding tert-OH is 1. The molecule has 0 heterocycles. The highest BCUT2D eigenvalue weighted by Gasteiger charge is 2.32. The summed E-state index contributed by atoms with van der Waals surface area (Å²) in [4.78, 5) is 23.2. The number of carboxylic acid groups (broad SMARTS) is 1. The van der Waals surface area contributed by atoms with Gasteiger partial charge in [0.05, 0.1) is 5.41 Å². The molecule has 0 spiro atoms. The average Bonchev–Trinajstić information content (AvgIpc) is 2.38. The Kier molecular flexibility index (Phi) is 5.10. The third-order valence-electron chi connectivity index (χ3n) is 3.22. The highest BCUT2D eigenvalue weighted by Crippen LogP contribution is 2.24. The Morgan fingerprint density at radius 1 is 1.30 bits per heavy atom. The van der Waals surface area contributed by atoms with Crippen molar-refractivity contribution in [2.24, 2.45) is 0 Å². The molecule has 0 saturated heterocycles. The number of amides is 1. The third-order valence-corrected chi connectivity index (χ3v) is 3.22. The van der Waals surface area contributed by atoms with E-state index in [4.69, 9.17) is 15.9 Å². The fraction of sp³-hybridized carbons (Fsp3) is 0.429. The summed E-state index contributed by atoms with van der Waals surface area (Å²) in [7, 11) is 0. The van der Waals surface area contributed by atoms with Gasteiger partial charge in [-0.3, -0.25) is 4.79 Å². The van der Waals surface area contributed by atoms with Crippen molar-refractivity contribution in [1.82, 2.24) is 5.32 Å². The van der Waals surface area contributed by atoms with Gasteiger partial charge < -0.3 is 21.3 Å². The first-order valence-corrected chi connectivity index (χ1v) is 6.29. The van der Waals surface area contributed by atoms with Crippen molar-refractivity contribution in [2.45, 2.75) is 31.7 Å². The molecule has 0 unspecified atom stereocenters. The minimum Gasteiger partial charge on any atom is -0.480 e. The van der Waals surface area contributed by atoms with Crippen LogP contribution < -0.4 is 11.1 Å². The Morgan fingerprint density at radius 2 is 1.85 bits per heavy atom. The summed E-state index contributed by atoms with van der Waals surface area (Å²) in [6.07, 6.45) is -0.0289. The van der Waals surface area contributed by atoms with E-state index in [1.54, 1.807) is 38.1 Å². The van der Waals surface area contributed by atoms with E-state index in [9.17, 15) is 9.59 Å². The third kappa shape index (κ3) is 3.71. The molecule has 1 aromatic carbocycles. The zero-order chi connectivity index (χ0) is 15.3. The lowest BCUT2D eigenvalue weighted by atomic mass is 9.83. The van der Waals surface area contributed by atoms with Gasteiger partial charge in [0.2, 0.25) is 5.91 Å². The SMILES string of the molecule is CC(C)(C(=O)N[C@H](CCO)C(=O)O)c1ccc(N)cc1. The molecule has 1 amide bonds. The first kappa shape index (κ1) is 16.0. The Balaban J connectivity index is 2.88. The van der Waals surface area contributed by atoms with Gasteiger partial charge in [0, 0.05) is 18.7 Å². The highest BCUT2D eigenvalue weighted by molar-refractivity contribution is 5.90. The average molecular weight is 280 g/mol. The summed E-state index contributed by atoms with van der Waals surface area (Å²) >= 11 is 0. The summed E-state index contributed by atoms with van der Waals surface area (Å²) in [6, 6.07) is 5.74. The fourth-order valence-electron chi connectivity index (χ4n) is 1.76. The van der Waals surface area contributed by atoms with Crippen LogP contribution in [0.1, 0.15) is 25.8 Å². The second-order valence-electron chi connectivity index (χ2n) is 5.12. The van der Waals surface area contributed by atoms with Crippen LogP contribution in [0, 0.1) is 0 Å². The molecule has 1 aromatic rings. The van der Waals surface area contributed by atoms with Crippen LogP contribution in [0.2, 0.25) is 0 Å². The quantitative estimate of drug-likeness (QED) is 0.567. The molecule has 5 N–H and O–H groups in total. The van der Waals surface area contributed by atoms with Gasteiger partial charge in [-0.2, -0.15) is 0 Å². The fourth-order valence-corrected chi connectivity index (χ4v) is 1.76. The number of rotatable bonds is 6. The van der Waals surface area contributed by atoms with E-state index in [1.807, 2.05) is 0 Å². The molecule has 0 aliphatic heterocycles. The highest BCUT2D eigenvalue weighted by atomic mass is 16.4. The first-order chi connectivity index (χ1) is 9.28. The summed E-state index contributed by atoms with van der Waals surface area (Å²) in [6.45, 7) is 3.09. The largest absolute Gasteiger partial charge is 0.480 e. The standard InChI is InChI=1S/C14H20N2O4/c1-14(2,9-3-5-10(15)6-4-9)13(20)16-11(7-8-17)12(18)19/h3-6,11,17H,7-8,15H2,1-2H3,(H,16,20)(H,18,19)/t11-/m1/s1. The Bertz CT molecular complexity index is 482. The second-order valence-corrected chi connectivity index (χ2v) is 5.12. The van der Waals surface area contributed by atoms with Crippen LogP contribution >= 0.6 is 0 Å². The molecule has 0 aliphatic carbocycles. The van der Waals surface area contributed by atoms with Gasteiger partial charge in [-0.15, -0.1) is 0 Å². The van der Waals surface area contributed by atoms with Gasteiger partial charge >= 0.3 is 5.97 Å². The topological polar surface area (TPSA) is 113 Å². The molecule has 0 radical (unpaired) electrons. The van der Waals surface area contributed by atoms with Crippen molar-refractivity contribution in [1.29, 1.82) is 0 Å². The smallest absolute Gasteiger partial charge is 0.326 e. The number of carboxylic acids is 1. The van der Waals surface area contributed by atoms with Crippen LogP contribution in [-0.2, 0) is 15.0 Å². The molecule has 0 fully saturated rings. The van der Waals surface area contributed by atoms with E-state index < -0.39 is 23.3 Å². The molecular weight excluding hydrogens is 260 g/mol. The summed E-state index contributed by atoms with van der Waals surface area (Å²) < 4.78 is 0. The molecule has 6 heteroatoms. The molecule has 0 bridgehead atoms. The number of hydrogen-bond donors (Lipinski definition) is 4. The molecule has 0 aromatic heterocycles. The monoisotopic (exact) mass is 280 g/mol. The van der Waals surface area contributed by atoms with Crippen LogP contribution in [0.3, 0.4) is 0 Å². The Hall–Kier alpha value is -2.08. The van der Waals surface area contributed by atoms with Crippen LogP contribution in [0.4, 0.5) is 5.69 Å². The number of nitrogens with one attached hydrogen (secondary N) is 1. The molecule has 1 atom stereocenters. The van der Waals surface area contributed by atoms with Crippen LogP contribution in [-0.4, -0.2) is 34.7 Å². The summed E-state index contributed by atoms with van der Waals surface area (Å²) in [5.41, 5.74) is 6.03. The number of benzene rings is 1. The molecule has 20 heavy (non-hydrogen) atoms. The van der Waals surface area contributed by atoms with Gasteiger partial charge in [-0.05, 0) is 31.5 Å². The van der Waals surface area contributed by atoms with Crippen LogP contribution in [0.15, 0.2) is 24.3 Å². The van der Waals surface area contributed by atoms with Crippen molar-refractivity contribution in [3.05, 3.63) is 29.8 Å². The lowest BCUT2D eigenvalue weighted by Crippen LogP contribution is -2.48. The van der Waals surface area contributed by atoms with E-state index >= 15 is 0 Å². The molecule has 110 valence electrons. The number of hydrogen-bond acceptors (Lipinski definition) is 4. The van der Waals surface area contributed by atoms with Crippen LogP contribution in [0.25, 0.3) is 0 Å². The predicted molar refractivity (Wildman–Crippen MR) is 75.1 cm³/mol. The molecule has 6 nitrogen and oxygen atoms in total. The maximum Gasteiger partial charge on any atom is 0.326 e. The summed E-state index contributed by atoms with van der Waals surface area (Å²) in [5, 5.41) is 20.2.